The van der Waals surface area contributed by atoms with Crippen LogP contribution in [0.2, 0.25) is 5.02 Å². The number of rotatable bonds is 9. The Morgan fingerprint density at radius 2 is 1.76 bits per heavy atom. The van der Waals surface area contributed by atoms with Crippen molar-refractivity contribution in [3.63, 3.8) is 0 Å². The Kier molecular flexibility index (Phi) is 9.40. The van der Waals surface area contributed by atoms with Crippen LogP contribution in [-0.2, 0) is 0 Å². The lowest BCUT2D eigenvalue weighted by molar-refractivity contribution is 0.181. The van der Waals surface area contributed by atoms with Gasteiger partial charge in [-0.2, -0.15) is 0 Å². The van der Waals surface area contributed by atoms with Crippen LogP contribution in [0.15, 0.2) is 60.7 Å². The van der Waals surface area contributed by atoms with Crippen LogP contribution in [-0.4, -0.2) is 24.1 Å². The molecule has 4 rings (SSSR count). The number of benzene rings is 3. The van der Waals surface area contributed by atoms with Gasteiger partial charge in [0, 0.05) is 23.2 Å². The van der Waals surface area contributed by atoms with E-state index >= 15 is 0 Å². The second kappa shape index (κ2) is 12.9. The minimum atomic E-state index is -0.798. The largest absolute Gasteiger partial charge is 0.493 e. The first-order valence-electron chi connectivity index (χ1n) is 13.0. The van der Waals surface area contributed by atoms with Gasteiger partial charge in [-0.05, 0) is 60.7 Å². The average Bonchev–Trinajstić information content (AvgIpc) is 3.10. The molecule has 1 aliphatic heterocycles. The number of ether oxygens (including phenoxy) is 1. The van der Waals surface area contributed by atoms with Gasteiger partial charge in [0.05, 0.1) is 18.3 Å². The maximum Gasteiger partial charge on any atom is 0.322 e. The minimum Gasteiger partial charge on any atom is -0.493 e. The summed E-state index contributed by atoms with van der Waals surface area (Å²) in [5.41, 5.74) is 2.91. The molecule has 1 aliphatic rings. The van der Waals surface area contributed by atoms with Crippen LogP contribution in [0.3, 0.4) is 0 Å². The molecule has 0 spiro atoms. The number of hydrogen-bond acceptors (Lipinski definition) is 2. The quantitative estimate of drug-likeness (QED) is 0.283. The van der Waals surface area contributed by atoms with Gasteiger partial charge in [-0.3, -0.25) is 0 Å². The standard InChI is InChI=1S/C30H33ClF2N2O2/c1-2-3-4-5-6-17-35(30(36)34-27-16-14-24(32)20-26(27)33)28-8-7-18-37-29-19-22(11-15-25(28)29)21-9-12-23(31)13-10-21/h9-16,19-20,28H,2-8,17-18H2,1H3,(H,34,36). The SMILES string of the molecule is CCCCCCCN(C(=O)Nc1ccc(F)cc1F)C1CCCOc2cc(-c3ccc(Cl)cc3)ccc21. The maximum atomic E-state index is 14.3. The number of nitrogens with one attached hydrogen (secondary N) is 1. The molecule has 3 aromatic rings. The molecule has 1 atom stereocenters. The lowest BCUT2D eigenvalue weighted by atomic mass is 9.96. The van der Waals surface area contributed by atoms with E-state index in [9.17, 15) is 13.6 Å². The van der Waals surface area contributed by atoms with Crippen molar-refractivity contribution in [1.29, 1.82) is 0 Å². The normalized spacial score (nSPS) is 14.9. The number of carbonyl (C=O) groups is 1. The van der Waals surface area contributed by atoms with E-state index in [1.165, 1.54) is 6.07 Å². The Balaban J connectivity index is 1.62. The van der Waals surface area contributed by atoms with E-state index in [-0.39, 0.29) is 11.7 Å². The molecule has 37 heavy (non-hydrogen) atoms. The fourth-order valence-electron chi connectivity index (χ4n) is 4.76. The summed E-state index contributed by atoms with van der Waals surface area (Å²) in [6.45, 7) is 3.24. The van der Waals surface area contributed by atoms with E-state index < -0.39 is 17.7 Å². The minimum absolute atomic E-state index is 0.0365. The summed E-state index contributed by atoms with van der Waals surface area (Å²) >= 11 is 6.05. The highest BCUT2D eigenvalue weighted by Gasteiger charge is 2.30. The first-order valence-corrected chi connectivity index (χ1v) is 13.4. The molecule has 0 saturated heterocycles. The van der Waals surface area contributed by atoms with Gasteiger partial charge in [-0.1, -0.05) is 68.5 Å². The molecule has 196 valence electrons. The summed E-state index contributed by atoms with van der Waals surface area (Å²) in [7, 11) is 0. The fourth-order valence-corrected chi connectivity index (χ4v) is 4.88. The third-order valence-electron chi connectivity index (χ3n) is 6.74. The van der Waals surface area contributed by atoms with Gasteiger partial charge in [0.1, 0.15) is 17.4 Å². The number of nitrogens with zero attached hydrogens (tertiary/aromatic N) is 1. The van der Waals surface area contributed by atoms with Gasteiger partial charge in [0.2, 0.25) is 0 Å². The monoisotopic (exact) mass is 526 g/mol. The molecular formula is C30H33ClF2N2O2. The molecule has 1 N–H and O–H groups in total. The van der Waals surface area contributed by atoms with E-state index in [4.69, 9.17) is 16.3 Å². The lowest BCUT2D eigenvalue weighted by Gasteiger charge is -2.32. The Labute approximate surface area is 222 Å². The highest BCUT2D eigenvalue weighted by Crippen LogP contribution is 2.39. The molecule has 2 amide bonds. The molecule has 0 radical (unpaired) electrons. The number of fused-ring (bicyclic) bond motifs is 1. The highest BCUT2D eigenvalue weighted by atomic mass is 35.5. The molecule has 7 heteroatoms. The third kappa shape index (κ3) is 7.01. The van der Waals surface area contributed by atoms with Crippen LogP contribution in [0.5, 0.6) is 5.75 Å². The molecule has 0 aromatic heterocycles. The zero-order chi connectivity index (χ0) is 26.2. The van der Waals surface area contributed by atoms with Crippen molar-refractivity contribution in [3.05, 3.63) is 82.9 Å². The molecule has 0 bridgehead atoms. The number of unbranched alkanes of at least 4 members (excludes halogenated alkanes) is 4. The van der Waals surface area contributed by atoms with Gasteiger partial charge in [-0.25, -0.2) is 13.6 Å². The van der Waals surface area contributed by atoms with Gasteiger partial charge in [0.15, 0.2) is 0 Å². The smallest absolute Gasteiger partial charge is 0.322 e. The van der Waals surface area contributed by atoms with E-state index in [2.05, 4.69) is 12.2 Å². The van der Waals surface area contributed by atoms with Gasteiger partial charge >= 0.3 is 6.03 Å². The molecular weight excluding hydrogens is 494 g/mol. The molecule has 3 aromatic carbocycles. The first kappa shape index (κ1) is 26.9. The van der Waals surface area contributed by atoms with E-state index in [0.717, 1.165) is 79.5 Å². The summed E-state index contributed by atoms with van der Waals surface area (Å²) in [5, 5.41) is 3.35. The van der Waals surface area contributed by atoms with E-state index in [1.807, 2.05) is 42.5 Å². The Morgan fingerprint density at radius 3 is 2.51 bits per heavy atom. The van der Waals surface area contributed by atoms with E-state index in [1.54, 1.807) is 4.90 Å². The van der Waals surface area contributed by atoms with Crippen molar-refractivity contribution in [2.24, 2.45) is 0 Å². The lowest BCUT2D eigenvalue weighted by Crippen LogP contribution is -2.39. The first-order chi connectivity index (χ1) is 18.0. The van der Waals surface area contributed by atoms with Crippen molar-refractivity contribution in [1.82, 2.24) is 4.90 Å². The Bertz CT molecular complexity index is 1200. The summed E-state index contributed by atoms with van der Waals surface area (Å²) < 4.78 is 33.9. The second-order valence-electron chi connectivity index (χ2n) is 9.43. The summed E-state index contributed by atoms with van der Waals surface area (Å²) in [6.07, 6.45) is 6.75. The van der Waals surface area contributed by atoms with Crippen molar-refractivity contribution in [2.75, 3.05) is 18.5 Å². The number of anilines is 1. The highest BCUT2D eigenvalue weighted by molar-refractivity contribution is 6.30. The summed E-state index contributed by atoms with van der Waals surface area (Å²) in [4.78, 5) is 15.3. The maximum absolute atomic E-state index is 14.3. The van der Waals surface area contributed by atoms with Gasteiger partial charge in [-0.15, -0.1) is 0 Å². The predicted molar refractivity (Wildman–Crippen MR) is 145 cm³/mol. The average molecular weight is 527 g/mol. The topological polar surface area (TPSA) is 41.6 Å². The third-order valence-corrected chi connectivity index (χ3v) is 6.99. The number of carbonyl (C=O) groups excluding carboxylic acids is 1. The molecule has 0 saturated carbocycles. The fraction of sp³-hybridized carbons (Fsp3) is 0.367. The molecule has 1 heterocycles. The van der Waals surface area contributed by atoms with Crippen molar-refractivity contribution < 1.29 is 18.3 Å². The van der Waals surface area contributed by atoms with Crippen LogP contribution in [0.4, 0.5) is 19.3 Å². The van der Waals surface area contributed by atoms with Crippen LogP contribution >= 0.6 is 11.6 Å². The number of hydrogen-bond donors (Lipinski definition) is 1. The molecule has 0 fully saturated rings. The Hall–Kier alpha value is -3.12. The Morgan fingerprint density at radius 1 is 1.00 bits per heavy atom. The van der Waals surface area contributed by atoms with Crippen molar-refractivity contribution >= 4 is 23.3 Å². The van der Waals surface area contributed by atoms with Crippen molar-refractivity contribution in [2.45, 2.75) is 57.9 Å². The zero-order valence-electron chi connectivity index (χ0n) is 21.1. The van der Waals surface area contributed by atoms with Gasteiger partial charge in [0.25, 0.3) is 0 Å². The van der Waals surface area contributed by atoms with Crippen LogP contribution < -0.4 is 10.1 Å². The summed E-state index contributed by atoms with van der Waals surface area (Å²) in [6, 6.07) is 16.2. The second-order valence-corrected chi connectivity index (χ2v) is 9.86. The van der Waals surface area contributed by atoms with Crippen LogP contribution in [0, 0.1) is 11.6 Å². The predicted octanol–water partition coefficient (Wildman–Crippen LogP) is 9.00. The van der Waals surface area contributed by atoms with E-state index in [0.29, 0.717) is 18.2 Å². The van der Waals surface area contributed by atoms with Crippen LogP contribution in [0.1, 0.15) is 63.5 Å². The number of amides is 2. The molecule has 4 nitrogen and oxygen atoms in total. The van der Waals surface area contributed by atoms with Crippen molar-refractivity contribution in [3.8, 4) is 16.9 Å². The van der Waals surface area contributed by atoms with Crippen LogP contribution in [0.25, 0.3) is 11.1 Å². The zero-order valence-corrected chi connectivity index (χ0v) is 21.9. The molecule has 0 aliphatic carbocycles. The van der Waals surface area contributed by atoms with Gasteiger partial charge < -0.3 is 15.0 Å². The molecule has 1 unspecified atom stereocenters. The number of urea groups is 1. The summed E-state index contributed by atoms with van der Waals surface area (Å²) in [5.74, 6) is -0.741. The number of halogens is 3.